The van der Waals surface area contributed by atoms with Gasteiger partial charge < -0.3 is 21.7 Å². The summed E-state index contributed by atoms with van der Waals surface area (Å²) in [6.07, 6.45) is 2.41. The summed E-state index contributed by atoms with van der Waals surface area (Å²) in [6.45, 7) is 2.95. The SMILES string of the molecule is CNCCNC(=O)NCC1CCC1CN. The van der Waals surface area contributed by atoms with Gasteiger partial charge in [0.1, 0.15) is 0 Å². The van der Waals surface area contributed by atoms with E-state index in [9.17, 15) is 4.79 Å². The zero-order chi connectivity index (χ0) is 11.1. The van der Waals surface area contributed by atoms with Crippen LogP contribution in [0.4, 0.5) is 4.79 Å². The summed E-state index contributed by atoms with van der Waals surface area (Å²) < 4.78 is 0. The summed E-state index contributed by atoms with van der Waals surface area (Å²) in [5.74, 6) is 1.20. The fourth-order valence-corrected chi connectivity index (χ4v) is 1.80. The maximum Gasteiger partial charge on any atom is 0.314 e. The Morgan fingerprint density at radius 3 is 2.53 bits per heavy atom. The number of nitrogens with two attached hydrogens (primary N) is 1. The van der Waals surface area contributed by atoms with E-state index in [0.29, 0.717) is 18.4 Å². The van der Waals surface area contributed by atoms with Crippen molar-refractivity contribution in [1.29, 1.82) is 0 Å². The molecule has 0 radical (unpaired) electrons. The molecule has 2 unspecified atom stereocenters. The predicted molar refractivity (Wildman–Crippen MR) is 60.6 cm³/mol. The lowest BCUT2D eigenvalue weighted by Crippen LogP contribution is -2.45. The van der Waals surface area contributed by atoms with E-state index < -0.39 is 0 Å². The minimum atomic E-state index is -0.0760. The van der Waals surface area contributed by atoms with Gasteiger partial charge in [-0.2, -0.15) is 0 Å². The Labute approximate surface area is 91.2 Å². The predicted octanol–water partition coefficient (Wildman–Crippen LogP) is -0.510. The highest BCUT2D eigenvalue weighted by molar-refractivity contribution is 5.73. The number of rotatable bonds is 6. The number of likely N-dealkylation sites (N-methyl/N-ethyl adjacent to an activating group) is 1. The maximum atomic E-state index is 11.3. The second-order valence-electron chi connectivity index (χ2n) is 4.07. The van der Waals surface area contributed by atoms with Crippen molar-refractivity contribution in [3.05, 3.63) is 0 Å². The van der Waals surface area contributed by atoms with Crippen LogP contribution < -0.4 is 21.7 Å². The first-order valence-electron chi connectivity index (χ1n) is 5.64. The van der Waals surface area contributed by atoms with Crippen LogP contribution in [-0.4, -0.2) is 39.3 Å². The molecule has 88 valence electrons. The van der Waals surface area contributed by atoms with Crippen molar-refractivity contribution in [2.75, 3.05) is 33.2 Å². The first kappa shape index (κ1) is 12.3. The highest BCUT2D eigenvalue weighted by atomic mass is 16.2. The average Bonchev–Trinajstić information content (AvgIpc) is 2.17. The van der Waals surface area contributed by atoms with Crippen LogP contribution in [0.3, 0.4) is 0 Å². The molecule has 5 N–H and O–H groups in total. The molecule has 1 aliphatic carbocycles. The van der Waals surface area contributed by atoms with Crippen LogP contribution in [0, 0.1) is 11.8 Å². The summed E-state index contributed by atoms with van der Waals surface area (Å²) in [5, 5.41) is 8.62. The molecular formula is C10H22N4O. The number of urea groups is 1. The van der Waals surface area contributed by atoms with E-state index in [4.69, 9.17) is 5.73 Å². The first-order valence-corrected chi connectivity index (χ1v) is 5.64. The summed E-state index contributed by atoms with van der Waals surface area (Å²) >= 11 is 0. The Balaban J connectivity index is 2.01. The lowest BCUT2D eigenvalue weighted by Gasteiger charge is -2.35. The van der Waals surface area contributed by atoms with Crippen LogP contribution >= 0.6 is 0 Å². The highest BCUT2D eigenvalue weighted by Crippen LogP contribution is 2.32. The second-order valence-corrected chi connectivity index (χ2v) is 4.07. The lowest BCUT2D eigenvalue weighted by molar-refractivity contribution is 0.177. The standard InChI is InChI=1S/C10H22N4O/c1-12-4-5-13-10(15)14-7-9-3-2-8(9)6-11/h8-9,12H,2-7,11H2,1H3,(H2,13,14,15). The van der Waals surface area contributed by atoms with Gasteiger partial charge in [0.2, 0.25) is 0 Å². The van der Waals surface area contributed by atoms with Crippen molar-refractivity contribution in [2.24, 2.45) is 17.6 Å². The third-order valence-corrected chi connectivity index (χ3v) is 3.06. The van der Waals surface area contributed by atoms with Gasteiger partial charge in [0, 0.05) is 19.6 Å². The van der Waals surface area contributed by atoms with Crippen molar-refractivity contribution in [2.45, 2.75) is 12.8 Å². The van der Waals surface area contributed by atoms with E-state index >= 15 is 0 Å². The van der Waals surface area contributed by atoms with Gasteiger partial charge in [-0.3, -0.25) is 0 Å². The number of hydrogen-bond acceptors (Lipinski definition) is 3. The molecule has 1 saturated carbocycles. The minimum absolute atomic E-state index is 0.0760. The Kier molecular flexibility index (Phi) is 5.42. The van der Waals surface area contributed by atoms with Gasteiger partial charge in [-0.15, -0.1) is 0 Å². The number of hydrogen-bond donors (Lipinski definition) is 4. The molecule has 0 aromatic rings. The zero-order valence-corrected chi connectivity index (χ0v) is 9.38. The zero-order valence-electron chi connectivity index (χ0n) is 9.38. The summed E-state index contributed by atoms with van der Waals surface area (Å²) in [6, 6.07) is -0.0760. The fraction of sp³-hybridized carbons (Fsp3) is 0.900. The quantitative estimate of drug-likeness (QED) is 0.450. The Morgan fingerprint density at radius 1 is 1.27 bits per heavy atom. The van der Waals surface area contributed by atoms with Crippen LogP contribution in [0.5, 0.6) is 0 Å². The molecule has 1 aliphatic rings. The van der Waals surface area contributed by atoms with Gasteiger partial charge in [-0.05, 0) is 38.3 Å². The normalized spacial score (nSPS) is 24.4. The van der Waals surface area contributed by atoms with E-state index in [1.807, 2.05) is 7.05 Å². The molecule has 0 heterocycles. The molecule has 15 heavy (non-hydrogen) atoms. The van der Waals surface area contributed by atoms with Crippen LogP contribution in [0.1, 0.15) is 12.8 Å². The topological polar surface area (TPSA) is 79.2 Å². The van der Waals surface area contributed by atoms with Crippen LogP contribution in [0.25, 0.3) is 0 Å². The molecule has 1 rings (SSSR count). The number of amides is 2. The van der Waals surface area contributed by atoms with Crippen LogP contribution in [0.2, 0.25) is 0 Å². The molecule has 0 aromatic carbocycles. The molecule has 5 nitrogen and oxygen atoms in total. The number of carbonyl (C=O) groups is 1. The smallest absolute Gasteiger partial charge is 0.314 e. The van der Waals surface area contributed by atoms with E-state index in [1.165, 1.54) is 12.8 Å². The van der Waals surface area contributed by atoms with Gasteiger partial charge in [0.25, 0.3) is 0 Å². The van der Waals surface area contributed by atoms with Crippen molar-refractivity contribution in [3.63, 3.8) is 0 Å². The van der Waals surface area contributed by atoms with E-state index in [0.717, 1.165) is 19.6 Å². The molecule has 0 aliphatic heterocycles. The minimum Gasteiger partial charge on any atom is -0.338 e. The molecule has 1 fully saturated rings. The third kappa shape index (κ3) is 4.05. The van der Waals surface area contributed by atoms with Crippen molar-refractivity contribution < 1.29 is 4.79 Å². The Morgan fingerprint density at radius 2 is 2.00 bits per heavy atom. The maximum absolute atomic E-state index is 11.3. The molecular weight excluding hydrogens is 192 g/mol. The van der Waals surface area contributed by atoms with Gasteiger partial charge in [-0.1, -0.05) is 0 Å². The molecule has 0 bridgehead atoms. The van der Waals surface area contributed by atoms with Gasteiger partial charge in [0.15, 0.2) is 0 Å². The first-order chi connectivity index (χ1) is 7.27. The summed E-state index contributed by atoms with van der Waals surface area (Å²) in [5.41, 5.74) is 5.59. The Hall–Kier alpha value is -0.810. The Bertz CT molecular complexity index is 196. The van der Waals surface area contributed by atoms with E-state index in [1.54, 1.807) is 0 Å². The van der Waals surface area contributed by atoms with E-state index in [-0.39, 0.29) is 6.03 Å². The van der Waals surface area contributed by atoms with Crippen molar-refractivity contribution >= 4 is 6.03 Å². The third-order valence-electron chi connectivity index (χ3n) is 3.06. The number of nitrogens with one attached hydrogen (secondary N) is 3. The fourth-order valence-electron chi connectivity index (χ4n) is 1.80. The number of carbonyl (C=O) groups excluding carboxylic acids is 1. The second kappa shape index (κ2) is 6.63. The van der Waals surface area contributed by atoms with Crippen molar-refractivity contribution in [3.8, 4) is 0 Å². The molecule has 0 saturated heterocycles. The summed E-state index contributed by atoms with van der Waals surface area (Å²) in [4.78, 5) is 11.3. The van der Waals surface area contributed by atoms with Gasteiger partial charge >= 0.3 is 6.03 Å². The van der Waals surface area contributed by atoms with Crippen LogP contribution in [-0.2, 0) is 0 Å². The lowest BCUT2D eigenvalue weighted by atomic mass is 9.74. The van der Waals surface area contributed by atoms with Gasteiger partial charge in [0.05, 0.1) is 0 Å². The monoisotopic (exact) mass is 214 g/mol. The van der Waals surface area contributed by atoms with Crippen molar-refractivity contribution in [1.82, 2.24) is 16.0 Å². The summed E-state index contributed by atoms with van der Waals surface area (Å²) in [7, 11) is 1.86. The molecule has 2 amide bonds. The van der Waals surface area contributed by atoms with Gasteiger partial charge in [-0.25, -0.2) is 4.79 Å². The molecule has 5 heteroatoms. The highest BCUT2D eigenvalue weighted by Gasteiger charge is 2.29. The van der Waals surface area contributed by atoms with E-state index in [2.05, 4.69) is 16.0 Å². The molecule has 2 atom stereocenters. The largest absolute Gasteiger partial charge is 0.338 e. The molecule has 0 spiro atoms. The molecule has 0 aromatic heterocycles. The average molecular weight is 214 g/mol. The van der Waals surface area contributed by atoms with Crippen LogP contribution in [0.15, 0.2) is 0 Å².